The summed E-state index contributed by atoms with van der Waals surface area (Å²) in [6.45, 7) is 1.06. The molecule has 0 radical (unpaired) electrons. The van der Waals surface area contributed by atoms with Gasteiger partial charge in [0.1, 0.15) is 0 Å². The van der Waals surface area contributed by atoms with Gasteiger partial charge >= 0.3 is 5.97 Å². The summed E-state index contributed by atoms with van der Waals surface area (Å²) >= 11 is 0. The predicted molar refractivity (Wildman–Crippen MR) is 63.7 cm³/mol. The van der Waals surface area contributed by atoms with Gasteiger partial charge in [0.25, 0.3) is 0 Å². The first-order valence-electron chi connectivity index (χ1n) is 5.07. The molecule has 0 fully saturated rings. The topological polar surface area (TPSA) is 62.7 Å². The molecule has 0 atom stereocenters. The number of rotatable bonds is 2. The smallest absolute Gasteiger partial charge is 0.308 e. The van der Waals surface area contributed by atoms with Gasteiger partial charge in [-0.1, -0.05) is 0 Å². The lowest BCUT2D eigenvalue weighted by Crippen LogP contribution is -2.26. The molecule has 0 aliphatic rings. The second-order valence-electron chi connectivity index (χ2n) is 3.31. The Balaban J connectivity index is 3.02. The van der Waals surface area contributed by atoms with Crippen LogP contribution in [0.25, 0.3) is 0 Å². The first-order valence-corrected chi connectivity index (χ1v) is 5.07. The van der Waals surface area contributed by atoms with E-state index in [-0.39, 0.29) is 5.69 Å². The minimum Gasteiger partial charge on any atom is -0.420 e. The number of hydrogen-bond acceptors (Lipinski definition) is 3. The number of ether oxygens (including phenoxy) is 1. The monoisotopic (exact) mass is 257 g/mol. The molecule has 0 spiro atoms. The maximum absolute atomic E-state index is 13.5. The van der Waals surface area contributed by atoms with E-state index in [1.807, 2.05) is 0 Å². The molecule has 0 heterocycles. The third-order valence-electron chi connectivity index (χ3n) is 1.97. The van der Waals surface area contributed by atoms with E-state index in [1.165, 1.54) is 7.05 Å². The highest BCUT2D eigenvalue weighted by molar-refractivity contribution is 5.93. The first-order chi connectivity index (χ1) is 8.47. The van der Waals surface area contributed by atoms with Gasteiger partial charge in [0, 0.05) is 38.8 Å². The van der Waals surface area contributed by atoms with Crippen LogP contribution in [-0.4, -0.2) is 26.0 Å². The van der Waals surface area contributed by atoms with Gasteiger partial charge in [-0.15, -0.1) is 0 Å². The van der Waals surface area contributed by atoms with Gasteiger partial charge in [0.2, 0.25) is 5.75 Å². The number of hydrogen-bond donors (Lipinski definition) is 2. The van der Waals surface area contributed by atoms with Crippen LogP contribution in [0.15, 0.2) is 17.1 Å². The van der Waals surface area contributed by atoms with Crippen LogP contribution in [-0.2, 0) is 4.79 Å². The second kappa shape index (κ2) is 5.95. The van der Waals surface area contributed by atoms with Gasteiger partial charge in [0.15, 0.2) is 17.6 Å². The van der Waals surface area contributed by atoms with Gasteiger partial charge in [-0.25, -0.2) is 8.78 Å². The zero-order chi connectivity index (χ0) is 13.7. The van der Waals surface area contributed by atoms with Gasteiger partial charge in [-0.05, 0) is 0 Å². The Labute approximate surface area is 103 Å². The van der Waals surface area contributed by atoms with Crippen LogP contribution in [0.5, 0.6) is 5.75 Å². The fourth-order valence-electron chi connectivity index (χ4n) is 1.24. The van der Waals surface area contributed by atoms with Crippen LogP contribution in [0, 0.1) is 11.6 Å². The van der Waals surface area contributed by atoms with Gasteiger partial charge in [-0.2, -0.15) is 0 Å². The zero-order valence-electron chi connectivity index (χ0n) is 10.2. The molecule has 1 aromatic rings. The number of carbonyl (C=O) groups is 1. The van der Waals surface area contributed by atoms with Crippen molar-refractivity contribution < 1.29 is 18.3 Å². The van der Waals surface area contributed by atoms with Crippen molar-refractivity contribution in [1.29, 1.82) is 0 Å². The lowest BCUT2D eigenvalue weighted by atomic mass is 10.2. The van der Waals surface area contributed by atoms with Gasteiger partial charge in [-0.3, -0.25) is 9.79 Å². The number of benzene rings is 1. The SMILES string of the molecule is CN=C(NC)Nc1cc(F)c(OC(C)=O)c(F)c1. The quantitative estimate of drug-likeness (QED) is 0.365. The number of carbonyl (C=O) groups excluding carboxylic acids is 1. The van der Waals surface area contributed by atoms with E-state index in [0.29, 0.717) is 5.96 Å². The Morgan fingerprint density at radius 1 is 1.33 bits per heavy atom. The van der Waals surface area contributed by atoms with Crippen molar-refractivity contribution in [2.75, 3.05) is 19.4 Å². The van der Waals surface area contributed by atoms with E-state index in [0.717, 1.165) is 19.1 Å². The van der Waals surface area contributed by atoms with Crippen molar-refractivity contribution >= 4 is 17.6 Å². The summed E-state index contributed by atoms with van der Waals surface area (Å²) in [5.74, 6) is -3.11. The molecular weight excluding hydrogens is 244 g/mol. The number of anilines is 1. The summed E-state index contributed by atoms with van der Waals surface area (Å²) in [5.41, 5.74) is 0.149. The summed E-state index contributed by atoms with van der Waals surface area (Å²) < 4.78 is 31.5. The van der Waals surface area contributed by atoms with E-state index >= 15 is 0 Å². The molecule has 0 saturated carbocycles. The summed E-state index contributed by atoms with van der Waals surface area (Å²) in [4.78, 5) is 14.5. The van der Waals surface area contributed by atoms with E-state index in [2.05, 4.69) is 20.4 Å². The van der Waals surface area contributed by atoms with Crippen LogP contribution in [0.4, 0.5) is 14.5 Å². The van der Waals surface area contributed by atoms with E-state index in [1.54, 1.807) is 7.05 Å². The Morgan fingerprint density at radius 2 is 1.89 bits per heavy atom. The van der Waals surface area contributed by atoms with E-state index in [9.17, 15) is 13.6 Å². The molecule has 5 nitrogen and oxygen atoms in total. The average Bonchev–Trinajstić information content (AvgIpc) is 2.30. The van der Waals surface area contributed by atoms with Crippen molar-refractivity contribution in [1.82, 2.24) is 5.32 Å². The molecule has 7 heteroatoms. The fourth-order valence-corrected chi connectivity index (χ4v) is 1.24. The molecule has 1 aromatic carbocycles. The van der Waals surface area contributed by atoms with Crippen molar-refractivity contribution in [2.24, 2.45) is 4.99 Å². The number of nitrogens with zero attached hydrogens (tertiary/aromatic N) is 1. The Kier molecular flexibility index (Phi) is 4.59. The Morgan fingerprint density at radius 3 is 2.28 bits per heavy atom. The minimum absolute atomic E-state index is 0.149. The predicted octanol–water partition coefficient (Wildman–Crippen LogP) is 1.51. The molecule has 0 amide bonds. The Hall–Kier alpha value is -2.18. The van der Waals surface area contributed by atoms with Gasteiger partial charge < -0.3 is 15.4 Å². The van der Waals surface area contributed by atoms with Crippen LogP contribution in [0.3, 0.4) is 0 Å². The largest absolute Gasteiger partial charge is 0.420 e. The summed E-state index contributed by atoms with van der Waals surface area (Å²) in [7, 11) is 3.12. The van der Waals surface area contributed by atoms with E-state index in [4.69, 9.17) is 0 Å². The lowest BCUT2D eigenvalue weighted by Gasteiger charge is -2.10. The molecule has 18 heavy (non-hydrogen) atoms. The minimum atomic E-state index is -0.973. The molecule has 2 N–H and O–H groups in total. The maximum atomic E-state index is 13.5. The molecule has 0 bridgehead atoms. The number of nitrogens with one attached hydrogen (secondary N) is 2. The summed E-state index contributed by atoms with van der Waals surface area (Å²) in [6, 6.07) is 2.01. The lowest BCUT2D eigenvalue weighted by molar-refractivity contribution is -0.132. The van der Waals surface area contributed by atoms with Crippen molar-refractivity contribution in [3.63, 3.8) is 0 Å². The normalized spacial score (nSPS) is 11.1. The van der Waals surface area contributed by atoms with Gasteiger partial charge in [0.05, 0.1) is 0 Å². The van der Waals surface area contributed by atoms with E-state index < -0.39 is 23.4 Å². The standard InChI is InChI=1S/C11H13F2N3O2/c1-6(17)18-10-8(12)4-7(5-9(10)13)16-11(14-2)15-3/h4-5H,1-3H3,(H2,14,15,16). The molecule has 0 aliphatic carbocycles. The summed E-state index contributed by atoms with van der Waals surface area (Å²) in [6.07, 6.45) is 0. The molecular formula is C11H13F2N3O2. The molecule has 0 unspecified atom stereocenters. The third kappa shape index (κ3) is 3.41. The number of halogens is 2. The second-order valence-corrected chi connectivity index (χ2v) is 3.31. The molecule has 0 saturated heterocycles. The highest BCUT2D eigenvalue weighted by Gasteiger charge is 2.15. The summed E-state index contributed by atoms with van der Waals surface area (Å²) in [5, 5.41) is 5.35. The highest BCUT2D eigenvalue weighted by Crippen LogP contribution is 2.25. The first kappa shape index (κ1) is 13.9. The zero-order valence-corrected chi connectivity index (χ0v) is 10.2. The van der Waals surface area contributed by atoms with Crippen LogP contribution >= 0.6 is 0 Å². The highest BCUT2D eigenvalue weighted by atomic mass is 19.1. The molecule has 0 aromatic heterocycles. The number of aliphatic imine (C=N–C) groups is 1. The van der Waals surface area contributed by atoms with Crippen LogP contribution < -0.4 is 15.4 Å². The number of esters is 1. The number of guanidine groups is 1. The van der Waals surface area contributed by atoms with Crippen molar-refractivity contribution in [2.45, 2.75) is 6.92 Å². The molecule has 1 rings (SSSR count). The third-order valence-corrected chi connectivity index (χ3v) is 1.97. The molecule has 0 aliphatic heterocycles. The average molecular weight is 257 g/mol. The fraction of sp³-hybridized carbons (Fsp3) is 0.273. The molecule has 98 valence electrons. The maximum Gasteiger partial charge on any atom is 0.308 e. The van der Waals surface area contributed by atoms with Crippen LogP contribution in [0.2, 0.25) is 0 Å². The van der Waals surface area contributed by atoms with Crippen molar-refractivity contribution in [3.8, 4) is 5.75 Å². The Bertz CT molecular complexity index is 466. The van der Waals surface area contributed by atoms with Crippen molar-refractivity contribution in [3.05, 3.63) is 23.8 Å². The van der Waals surface area contributed by atoms with Crippen LogP contribution in [0.1, 0.15) is 6.92 Å².